The molecule has 3 nitrogen and oxygen atoms in total. The molecule has 1 aromatic carbocycles. The van der Waals surface area contributed by atoms with E-state index in [1.165, 1.54) is 12.3 Å². The van der Waals surface area contributed by atoms with E-state index in [-0.39, 0.29) is 10.7 Å². The molecule has 15 heavy (non-hydrogen) atoms. The summed E-state index contributed by atoms with van der Waals surface area (Å²) in [5.74, 6) is -0.445. The highest BCUT2D eigenvalue weighted by Gasteiger charge is 2.06. The van der Waals surface area contributed by atoms with Gasteiger partial charge in [0.1, 0.15) is 5.82 Å². The summed E-state index contributed by atoms with van der Waals surface area (Å²) in [5, 5.41) is 3.97. The lowest BCUT2D eigenvalue weighted by atomic mass is 10.1. The first kappa shape index (κ1) is 11.9. The first-order valence-electron chi connectivity index (χ1n) is 4.05. The summed E-state index contributed by atoms with van der Waals surface area (Å²) in [7, 11) is 0. The monoisotopic (exact) mass is 245 g/mol. The molecule has 1 rings (SSSR count). The summed E-state index contributed by atoms with van der Waals surface area (Å²) in [4.78, 5) is 0. The molecule has 6 heteroatoms. The molecule has 0 spiro atoms. The Morgan fingerprint density at radius 1 is 1.67 bits per heavy atom. The van der Waals surface area contributed by atoms with E-state index in [0.717, 1.165) is 5.56 Å². The average molecular weight is 246 g/mol. The van der Waals surface area contributed by atoms with Crippen LogP contribution in [-0.4, -0.2) is 11.3 Å². The van der Waals surface area contributed by atoms with Gasteiger partial charge in [-0.15, -0.1) is 0 Å². The standard InChI is InChI=1S/C9H9ClFN3S/c1-5-2-3-7(11)6(8(5)10)4-13-14-9(12)15/h2-4H,1H3,(H3,12,14,15). The molecule has 0 saturated heterocycles. The Hall–Kier alpha value is -1.20. The maximum absolute atomic E-state index is 13.3. The van der Waals surface area contributed by atoms with Crippen molar-refractivity contribution in [1.29, 1.82) is 0 Å². The largest absolute Gasteiger partial charge is 0.375 e. The maximum atomic E-state index is 13.3. The van der Waals surface area contributed by atoms with Crippen molar-refractivity contribution in [1.82, 2.24) is 5.43 Å². The summed E-state index contributed by atoms with van der Waals surface area (Å²) in [6, 6.07) is 2.92. The van der Waals surface area contributed by atoms with Crippen molar-refractivity contribution in [3.63, 3.8) is 0 Å². The highest BCUT2D eigenvalue weighted by molar-refractivity contribution is 7.80. The fraction of sp³-hybridized carbons (Fsp3) is 0.111. The van der Waals surface area contributed by atoms with Crippen molar-refractivity contribution in [2.75, 3.05) is 0 Å². The van der Waals surface area contributed by atoms with E-state index >= 15 is 0 Å². The van der Waals surface area contributed by atoms with Crippen LogP contribution < -0.4 is 11.2 Å². The van der Waals surface area contributed by atoms with Gasteiger partial charge in [0.15, 0.2) is 5.11 Å². The number of aryl methyl sites for hydroxylation is 1. The van der Waals surface area contributed by atoms with Crippen molar-refractivity contribution in [3.8, 4) is 0 Å². The predicted molar refractivity (Wildman–Crippen MR) is 63.7 cm³/mol. The Bertz CT molecular complexity index is 420. The Balaban J connectivity index is 2.98. The van der Waals surface area contributed by atoms with Crippen molar-refractivity contribution >= 4 is 35.1 Å². The fourth-order valence-corrected chi connectivity index (χ4v) is 1.21. The number of halogens is 2. The van der Waals surface area contributed by atoms with Crippen LogP contribution in [0.15, 0.2) is 17.2 Å². The molecule has 0 radical (unpaired) electrons. The van der Waals surface area contributed by atoms with E-state index in [9.17, 15) is 4.39 Å². The molecule has 0 heterocycles. The maximum Gasteiger partial charge on any atom is 0.184 e. The minimum atomic E-state index is -0.445. The first-order valence-corrected chi connectivity index (χ1v) is 4.84. The molecule has 0 aliphatic heterocycles. The molecular formula is C9H9ClFN3S. The van der Waals surface area contributed by atoms with Gasteiger partial charge in [-0.2, -0.15) is 5.10 Å². The van der Waals surface area contributed by atoms with Gasteiger partial charge < -0.3 is 5.73 Å². The van der Waals surface area contributed by atoms with Crippen LogP contribution in [0.1, 0.15) is 11.1 Å². The number of benzene rings is 1. The Labute approximate surface area is 97.1 Å². The van der Waals surface area contributed by atoms with E-state index in [2.05, 4.69) is 22.7 Å². The zero-order valence-electron chi connectivity index (χ0n) is 7.92. The molecule has 0 amide bonds. The normalized spacial score (nSPS) is 10.6. The average Bonchev–Trinajstić information content (AvgIpc) is 2.17. The molecule has 0 saturated carbocycles. The van der Waals surface area contributed by atoms with E-state index in [0.29, 0.717) is 5.02 Å². The van der Waals surface area contributed by atoms with E-state index in [4.69, 9.17) is 17.3 Å². The second-order valence-corrected chi connectivity index (χ2v) is 3.64. The number of hydrazone groups is 1. The molecule has 80 valence electrons. The summed E-state index contributed by atoms with van der Waals surface area (Å²) in [6.07, 6.45) is 1.24. The van der Waals surface area contributed by atoms with Gasteiger partial charge in [-0.3, -0.25) is 5.43 Å². The molecule has 0 atom stereocenters. The molecule has 0 aromatic heterocycles. The van der Waals surface area contributed by atoms with Gasteiger partial charge in [-0.05, 0) is 30.8 Å². The first-order chi connectivity index (χ1) is 7.02. The van der Waals surface area contributed by atoms with Crippen molar-refractivity contribution < 1.29 is 4.39 Å². The summed E-state index contributed by atoms with van der Waals surface area (Å²) < 4.78 is 13.3. The number of nitrogens with one attached hydrogen (secondary N) is 1. The van der Waals surface area contributed by atoms with Crippen LogP contribution in [0.4, 0.5) is 4.39 Å². The van der Waals surface area contributed by atoms with Crippen molar-refractivity contribution in [3.05, 3.63) is 34.1 Å². The van der Waals surface area contributed by atoms with Crippen LogP contribution in [0.5, 0.6) is 0 Å². The quantitative estimate of drug-likeness (QED) is 0.476. The minimum absolute atomic E-state index is 0.00966. The van der Waals surface area contributed by atoms with Gasteiger partial charge >= 0.3 is 0 Å². The number of rotatable bonds is 2. The number of thiocarbonyl (C=S) groups is 1. The second-order valence-electron chi connectivity index (χ2n) is 2.83. The van der Waals surface area contributed by atoms with Crippen LogP contribution in [-0.2, 0) is 0 Å². The van der Waals surface area contributed by atoms with Gasteiger partial charge in [0.2, 0.25) is 0 Å². The summed E-state index contributed by atoms with van der Waals surface area (Å²) in [6.45, 7) is 1.78. The molecular weight excluding hydrogens is 237 g/mol. The SMILES string of the molecule is Cc1ccc(F)c(C=NNC(N)=S)c1Cl. The molecule has 0 unspecified atom stereocenters. The van der Waals surface area contributed by atoms with Crippen LogP contribution in [0.2, 0.25) is 5.02 Å². The van der Waals surface area contributed by atoms with Crippen LogP contribution in [0.3, 0.4) is 0 Å². The Morgan fingerprint density at radius 2 is 2.33 bits per heavy atom. The predicted octanol–water partition coefficient (Wildman–Crippen LogP) is 1.95. The highest BCUT2D eigenvalue weighted by atomic mass is 35.5. The second kappa shape index (κ2) is 5.04. The number of hydrogen-bond acceptors (Lipinski definition) is 2. The van der Waals surface area contributed by atoms with Gasteiger partial charge in [0.05, 0.1) is 11.2 Å². The Kier molecular flexibility index (Phi) is 3.99. The lowest BCUT2D eigenvalue weighted by Gasteiger charge is -2.03. The number of nitrogens with zero attached hydrogens (tertiary/aromatic N) is 1. The highest BCUT2D eigenvalue weighted by Crippen LogP contribution is 2.21. The van der Waals surface area contributed by atoms with Crippen LogP contribution >= 0.6 is 23.8 Å². The summed E-state index contributed by atoms with van der Waals surface area (Å²) >= 11 is 10.4. The third-order valence-electron chi connectivity index (χ3n) is 1.69. The molecule has 0 fully saturated rings. The van der Waals surface area contributed by atoms with Crippen molar-refractivity contribution in [2.45, 2.75) is 6.92 Å². The Morgan fingerprint density at radius 3 is 2.93 bits per heavy atom. The fourth-order valence-electron chi connectivity index (χ4n) is 0.957. The molecule has 1 aromatic rings. The van der Waals surface area contributed by atoms with Gasteiger partial charge in [-0.25, -0.2) is 4.39 Å². The molecule has 0 bridgehead atoms. The molecule has 3 N–H and O–H groups in total. The topological polar surface area (TPSA) is 50.4 Å². The summed E-state index contributed by atoms with van der Waals surface area (Å²) in [5.41, 5.74) is 8.45. The van der Waals surface area contributed by atoms with E-state index in [1.807, 2.05) is 0 Å². The third kappa shape index (κ3) is 3.14. The van der Waals surface area contributed by atoms with E-state index < -0.39 is 5.82 Å². The van der Waals surface area contributed by atoms with Gasteiger partial charge in [0.25, 0.3) is 0 Å². The minimum Gasteiger partial charge on any atom is -0.375 e. The smallest absolute Gasteiger partial charge is 0.184 e. The van der Waals surface area contributed by atoms with Crippen molar-refractivity contribution in [2.24, 2.45) is 10.8 Å². The molecule has 0 aliphatic rings. The van der Waals surface area contributed by atoms with Gasteiger partial charge in [-0.1, -0.05) is 17.7 Å². The number of hydrogen-bond donors (Lipinski definition) is 2. The zero-order valence-corrected chi connectivity index (χ0v) is 9.49. The van der Waals surface area contributed by atoms with Crippen LogP contribution in [0.25, 0.3) is 0 Å². The lowest BCUT2D eigenvalue weighted by Crippen LogP contribution is -2.24. The zero-order chi connectivity index (χ0) is 11.4. The van der Waals surface area contributed by atoms with E-state index in [1.54, 1.807) is 13.0 Å². The van der Waals surface area contributed by atoms with Crippen LogP contribution in [0, 0.1) is 12.7 Å². The third-order valence-corrected chi connectivity index (χ3v) is 2.28. The lowest BCUT2D eigenvalue weighted by molar-refractivity contribution is 0.625. The number of nitrogens with two attached hydrogens (primary N) is 1. The molecule has 0 aliphatic carbocycles. The van der Waals surface area contributed by atoms with Gasteiger partial charge in [0, 0.05) is 5.56 Å².